The fraction of sp³-hybridized carbons (Fsp3) is 0.907. The molecular weight excluding hydrogens is 997 g/mol. The Hall–Kier alpha value is -2.11. The van der Waals surface area contributed by atoms with Crippen molar-refractivity contribution in [1.82, 2.24) is 0 Å². The van der Waals surface area contributed by atoms with Crippen molar-refractivity contribution in [3.05, 3.63) is 24.3 Å². The highest BCUT2D eigenvalue weighted by molar-refractivity contribution is 5.71. The molecule has 6 heteroatoms. The molecule has 0 aliphatic heterocycles. The molecule has 0 saturated carbocycles. The van der Waals surface area contributed by atoms with Gasteiger partial charge in [-0.15, -0.1) is 0 Å². The largest absolute Gasteiger partial charge is 0.462 e. The number of hydrogen-bond donors (Lipinski definition) is 0. The molecule has 0 bridgehead atoms. The first-order valence-corrected chi connectivity index (χ1v) is 36.8. The maximum absolute atomic E-state index is 13.0. The maximum Gasteiger partial charge on any atom is 0.306 e. The van der Waals surface area contributed by atoms with Gasteiger partial charge in [0.2, 0.25) is 0 Å². The maximum atomic E-state index is 13.0. The first-order chi connectivity index (χ1) is 40.0. The summed E-state index contributed by atoms with van der Waals surface area (Å²) in [5.74, 6) is -0.834. The lowest BCUT2D eigenvalue weighted by molar-refractivity contribution is -0.167. The first kappa shape index (κ1) is 78.9. The van der Waals surface area contributed by atoms with Gasteiger partial charge in [-0.2, -0.15) is 0 Å². The summed E-state index contributed by atoms with van der Waals surface area (Å²) >= 11 is 0. The molecule has 0 amide bonds. The zero-order valence-electron chi connectivity index (χ0n) is 55.1. The van der Waals surface area contributed by atoms with Crippen molar-refractivity contribution < 1.29 is 28.6 Å². The quantitative estimate of drug-likeness (QED) is 0.0261. The average Bonchev–Trinajstić information content (AvgIpc) is 3.47. The van der Waals surface area contributed by atoms with Crippen LogP contribution in [-0.4, -0.2) is 37.2 Å². The Bertz CT molecular complexity index is 1310. The summed E-state index contributed by atoms with van der Waals surface area (Å²) in [5, 5.41) is 0. The summed E-state index contributed by atoms with van der Waals surface area (Å²) in [5.41, 5.74) is 0. The zero-order valence-corrected chi connectivity index (χ0v) is 55.1. The molecule has 0 spiro atoms. The Labute approximate surface area is 506 Å². The number of esters is 3. The van der Waals surface area contributed by atoms with Crippen LogP contribution in [0.25, 0.3) is 0 Å². The highest BCUT2D eigenvalue weighted by Crippen LogP contribution is 2.19. The van der Waals surface area contributed by atoms with Gasteiger partial charge in [-0.3, -0.25) is 14.4 Å². The van der Waals surface area contributed by atoms with Crippen molar-refractivity contribution in [1.29, 1.82) is 0 Å². The number of allylic oxidation sites excluding steroid dienone is 4. The summed E-state index contributed by atoms with van der Waals surface area (Å²) < 4.78 is 17.0. The third-order valence-electron chi connectivity index (χ3n) is 17.0. The summed E-state index contributed by atoms with van der Waals surface area (Å²) in [6.45, 7) is 6.71. The Morgan fingerprint density at radius 1 is 0.247 bits per heavy atom. The Morgan fingerprint density at radius 3 is 0.704 bits per heavy atom. The molecule has 0 rings (SSSR count). The van der Waals surface area contributed by atoms with E-state index in [0.29, 0.717) is 19.3 Å². The fourth-order valence-corrected chi connectivity index (χ4v) is 11.4. The molecule has 478 valence electrons. The number of ether oxygens (including phenoxy) is 3. The molecule has 1 atom stereocenters. The van der Waals surface area contributed by atoms with Crippen molar-refractivity contribution in [2.75, 3.05) is 13.2 Å². The molecule has 0 aliphatic rings. The third kappa shape index (κ3) is 68.6. The fourth-order valence-electron chi connectivity index (χ4n) is 11.4. The number of rotatable bonds is 69. The van der Waals surface area contributed by atoms with Gasteiger partial charge in [0.1, 0.15) is 13.2 Å². The van der Waals surface area contributed by atoms with Crippen molar-refractivity contribution in [2.24, 2.45) is 0 Å². The molecule has 0 aromatic carbocycles. The Morgan fingerprint density at radius 2 is 0.444 bits per heavy atom. The molecule has 0 saturated heterocycles. The highest BCUT2D eigenvalue weighted by atomic mass is 16.6. The third-order valence-corrected chi connectivity index (χ3v) is 17.0. The zero-order chi connectivity index (χ0) is 58.5. The average molecular weight is 1140 g/mol. The van der Waals surface area contributed by atoms with Crippen molar-refractivity contribution in [3.63, 3.8) is 0 Å². The number of carbonyl (C=O) groups excluding carboxylic acids is 3. The van der Waals surface area contributed by atoms with E-state index in [2.05, 4.69) is 45.1 Å². The van der Waals surface area contributed by atoms with Crippen LogP contribution >= 0.6 is 0 Å². The predicted octanol–water partition coefficient (Wildman–Crippen LogP) is 25.3. The summed E-state index contributed by atoms with van der Waals surface area (Å²) in [4.78, 5) is 38.5. The minimum atomic E-state index is -0.771. The number of carbonyl (C=O) groups is 3. The monoisotopic (exact) mass is 1140 g/mol. The van der Waals surface area contributed by atoms with E-state index in [1.54, 1.807) is 0 Å². The summed E-state index contributed by atoms with van der Waals surface area (Å²) in [6.07, 6.45) is 86.4. The Kier molecular flexibility index (Phi) is 68.5. The second kappa shape index (κ2) is 70.4. The van der Waals surface area contributed by atoms with E-state index >= 15 is 0 Å². The summed E-state index contributed by atoms with van der Waals surface area (Å²) in [7, 11) is 0. The number of hydrogen-bond acceptors (Lipinski definition) is 6. The van der Waals surface area contributed by atoms with Crippen LogP contribution in [0.3, 0.4) is 0 Å². The van der Waals surface area contributed by atoms with Gasteiger partial charge in [-0.25, -0.2) is 0 Å². The first-order valence-electron chi connectivity index (χ1n) is 36.8. The lowest BCUT2D eigenvalue weighted by Gasteiger charge is -2.18. The van der Waals surface area contributed by atoms with Crippen LogP contribution in [-0.2, 0) is 28.6 Å². The molecule has 0 N–H and O–H groups in total. The van der Waals surface area contributed by atoms with Crippen LogP contribution in [0.1, 0.15) is 419 Å². The van der Waals surface area contributed by atoms with Crippen molar-refractivity contribution in [2.45, 2.75) is 425 Å². The predicted molar refractivity (Wildman–Crippen MR) is 353 cm³/mol. The standard InChI is InChI=1S/C75H142O6/c1-4-7-10-13-16-19-22-25-28-31-33-34-35-36-37-38-39-40-42-44-47-50-53-56-59-62-65-68-74(77)80-71-72(70-79-73(76)67-64-61-58-55-52-49-46-43-30-27-24-21-18-15-12-9-6-3)81-75(78)69-66-63-60-57-54-51-48-45-41-32-29-26-23-20-17-14-11-8-5-2/h17,20,26,29,72H,4-16,18-19,21-25,27-28,30-71H2,1-3H3/b20-17-,29-26-. The molecule has 6 nitrogen and oxygen atoms in total. The van der Waals surface area contributed by atoms with Gasteiger partial charge >= 0.3 is 17.9 Å². The van der Waals surface area contributed by atoms with Gasteiger partial charge in [0.15, 0.2) is 6.10 Å². The molecule has 1 unspecified atom stereocenters. The second-order valence-electron chi connectivity index (χ2n) is 25.2. The molecule has 0 aliphatic carbocycles. The topological polar surface area (TPSA) is 78.9 Å². The van der Waals surface area contributed by atoms with Gasteiger partial charge in [0.25, 0.3) is 0 Å². The van der Waals surface area contributed by atoms with Crippen LogP contribution in [0.5, 0.6) is 0 Å². The lowest BCUT2D eigenvalue weighted by atomic mass is 10.0. The van der Waals surface area contributed by atoms with E-state index in [1.807, 2.05) is 0 Å². The molecule has 0 radical (unpaired) electrons. The molecule has 0 aromatic heterocycles. The van der Waals surface area contributed by atoms with Gasteiger partial charge in [0, 0.05) is 19.3 Å². The van der Waals surface area contributed by atoms with Gasteiger partial charge in [-0.1, -0.05) is 373 Å². The molecule has 0 fully saturated rings. The van der Waals surface area contributed by atoms with E-state index < -0.39 is 6.10 Å². The van der Waals surface area contributed by atoms with E-state index in [1.165, 1.54) is 315 Å². The SMILES string of the molecule is CCCCC/C=C\C/C=C\CCCCCCCCCCCC(=O)OC(COC(=O)CCCCCCCCCCCCCCCCCCC)COC(=O)CCCCCCCCCCCCCCCCCCCCCCCCCCCCC. The van der Waals surface area contributed by atoms with E-state index in [9.17, 15) is 14.4 Å². The molecule has 0 heterocycles. The smallest absolute Gasteiger partial charge is 0.306 e. The minimum absolute atomic E-state index is 0.0662. The highest BCUT2D eigenvalue weighted by Gasteiger charge is 2.20. The van der Waals surface area contributed by atoms with Crippen LogP contribution in [0.4, 0.5) is 0 Å². The summed E-state index contributed by atoms with van der Waals surface area (Å²) in [6, 6.07) is 0. The van der Waals surface area contributed by atoms with Gasteiger partial charge in [0.05, 0.1) is 0 Å². The Balaban J connectivity index is 4.23. The normalized spacial score (nSPS) is 12.1. The molecular formula is C75H142O6. The van der Waals surface area contributed by atoms with E-state index in [4.69, 9.17) is 14.2 Å². The second-order valence-corrected chi connectivity index (χ2v) is 25.2. The van der Waals surface area contributed by atoms with Gasteiger partial charge < -0.3 is 14.2 Å². The van der Waals surface area contributed by atoms with Crippen LogP contribution < -0.4 is 0 Å². The van der Waals surface area contributed by atoms with Crippen LogP contribution in [0, 0.1) is 0 Å². The molecule has 0 aromatic rings. The van der Waals surface area contributed by atoms with Crippen molar-refractivity contribution >= 4 is 17.9 Å². The minimum Gasteiger partial charge on any atom is -0.462 e. The van der Waals surface area contributed by atoms with E-state index in [0.717, 1.165) is 64.2 Å². The lowest BCUT2D eigenvalue weighted by Crippen LogP contribution is -2.30. The van der Waals surface area contributed by atoms with Crippen molar-refractivity contribution in [3.8, 4) is 0 Å². The number of unbranched alkanes of at least 4 members (excludes halogenated alkanes) is 54. The molecule has 81 heavy (non-hydrogen) atoms. The van der Waals surface area contributed by atoms with Gasteiger partial charge in [-0.05, 0) is 51.4 Å². The van der Waals surface area contributed by atoms with Crippen LogP contribution in [0.15, 0.2) is 24.3 Å². The van der Waals surface area contributed by atoms with E-state index in [-0.39, 0.29) is 31.1 Å². The van der Waals surface area contributed by atoms with Crippen LogP contribution in [0.2, 0.25) is 0 Å².